The second-order valence-corrected chi connectivity index (χ2v) is 8.01. The first kappa shape index (κ1) is 21.2. The van der Waals surface area contributed by atoms with Gasteiger partial charge in [0.05, 0.1) is 12.1 Å². The highest BCUT2D eigenvalue weighted by Crippen LogP contribution is 2.36. The minimum absolute atomic E-state index is 0. The number of carbonyl (C=O) groups excluding carboxylic acids is 1. The van der Waals surface area contributed by atoms with E-state index in [4.69, 9.17) is 9.47 Å². The van der Waals surface area contributed by atoms with Crippen LogP contribution in [0.2, 0.25) is 0 Å². The lowest BCUT2D eigenvalue weighted by Gasteiger charge is -2.24. The topological polar surface area (TPSA) is 63.7 Å². The summed E-state index contributed by atoms with van der Waals surface area (Å²) < 4.78 is 10.8. The molecule has 3 aliphatic rings. The van der Waals surface area contributed by atoms with Gasteiger partial charge in [-0.25, -0.2) is 4.98 Å². The zero-order valence-corrected chi connectivity index (χ0v) is 17.7. The summed E-state index contributed by atoms with van der Waals surface area (Å²) in [5, 5.41) is 6.51. The van der Waals surface area contributed by atoms with Crippen LogP contribution in [0, 0.1) is 0 Å². The molecule has 1 aromatic carbocycles. The van der Waals surface area contributed by atoms with Crippen molar-refractivity contribution < 1.29 is 14.3 Å². The molecule has 4 heterocycles. The summed E-state index contributed by atoms with van der Waals surface area (Å²) in [7, 11) is 0. The normalized spacial score (nSPS) is 22.2. The van der Waals surface area contributed by atoms with Gasteiger partial charge in [-0.15, -0.1) is 36.2 Å². The Morgan fingerprint density at radius 3 is 2.89 bits per heavy atom. The van der Waals surface area contributed by atoms with E-state index in [2.05, 4.69) is 10.3 Å². The lowest BCUT2D eigenvalue weighted by Crippen LogP contribution is -2.39. The van der Waals surface area contributed by atoms with E-state index in [1.165, 1.54) is 12.8 Å². The highest BCUT2D eigenvalue weighted by molar-refractivity contribution is 7.13. The Morgan fingerprint density at radius 2 is 2.00 bits per heavy atom. The van der Waals surface area contributed by atoms with Gasteiger partial charge < -0.3 is 19.7 Å². The van der Waals surface area contributed by atoms with E-state index in [0.717, 1.165) is 47.3 Å². The van der Waals surface area contributed by atoms with Crippen molar-refractivity contribution in [1.29, 1.82) is 0 Å². The summed E-state index contributed by atoms with van der Waals surface area (Å²) in [6, 6.07) is 6.89. The molecule has 0 radical (unpaired) electrons. The van der Waals surface area contributed by atoms with E-state index < -0.39 is 0 Å². The van der Waals surface area contributed by atoms with E-state index in [0.29, 0.717) is 18.5 Å². The van der Waals surface area contributed by atoms with Crippen molar-refractivity contribution in [3.05, 3.63) is 29.3 Å². The molecule has 3 aliphatic heterocycles. The van der Waals surface area contributed by atoms with Crippen LogP contribution in [-0.2, 0) is 11.2 Å². The molecule has 2 fully saturated rings. The number of amides is 1. The lowest BCUT2D eigenvalue weighted by atomic mass is 10.1. The van der Waals surface area contributed by atoms with Crippen LogP contribution in [0.4, 0.5) is 0 Å². The first-order valence-electron chi connectivity index (χ1n) is 9.13. The molecule has 9 heteroatoms. The molecule has 6 nitrogen and oxygen atoms in total. The van der Waals surface area contributed by atoms with E-state index in [1.807, 2.05) is 28.5 Å². The van der Waals surface area contributed by atoms with E-state index >= 15 is 0 Å². The third-order valence-corrected chi connectivity index (χ3v) is 6.32. The van der Waals surface area contributed by atoms with Crippen LogP contribution >= 0.6 is 36.2 Å². The molecule has 0 spiro atoms. The quantitative estimate of drug-likeness (QED) is 0.788. The molecule has 0 saturated carbocycles. The number of thiazole rings is 1. The van der Waals surface area contributed by atoms with E-state index in [1.54, 1.807) is 11.3 Å². The van der Waals surface area contributed by atoms with Crippen molar-refractivity contribution >= 4 is 42.1 Å². The SMILES string of the molecule is Cl.Cl.O=C(Cc1csc(-c2ccc3c(c2)OCO3)n1)N1CCC2CCC(C1)N2. The summed E-state index contributed by atoms with van der Waals surface area (Å²) >= 11 is 1.56. The number of fused-ring (bicyclic) bond motifs is 3. The maximum Gasteiger partial charge on any atom is 0.231 e. The van der Waals surface area contributed by atoms with Crippen molar-refractivity contribution in [2.75, 3.05) is 19.9 Å². The highest BCUT2D eigenvalue weighted by atomic mass is 35.5. The fourth-order valence-corrected chi connectivity index (χ4v) is 4.80. The Balaban J connectivity index is 0.00000112. The monoisotopic (exact) mass is 443 g/mol. The summed E-state index contributed by atoms with van der Waals surface area (Å²) in [6.45, 7) is 1.95. The third kappa shape index (κ3) is 4.22. The number of nitrogens with zero attached hydrogens (tertiary/aromatic N) is 2. The van der Waals surface area contributed by atoms with Gasteiger partial charge in [0.1, 0.15) is 5.01 Å². The smallest absolute Gasteiger partial charge is 0.231 e. The minimum atomic E-state index is 0. The Bertz CT molecular complexity index is 848. The molecule has 5 rings (SSSR count). The number of rotatable bonds is 3. The molecule has 2 aromatic rings. The molecule has 28 heavy (non-hydrogen) atoms. The number of ether oxygens (including phenoxy) is 2. The van der Waals surface area contributed by atoms with Crippen LogP contribution in [0.5, 0.6) is 11.5 Å². The molecule has 2 bridgehead atoms. The number of nitrogens with one attached hydrogen (secondary N) is 1. The van der Waals surface area contributed by atoms with Crippen LogP contribution in [0.3, 0.4) is 0 Å². The number of halogens is 2. The number of aromatic nitrogens is 1. The standard InChI is InChI=1S/C19H21N3O3S.2ClH/c23-18(22-6-5-13-2-3-14(9-22)20-13)8-15-10-26-19(21-15)12-1-4-16-17(7-12)25-11-24-16;;/h1,4,7,10,13-14,20H,2-3,5-6,8-9,11H2;2*1H. The van der Waals surface area contributed by atoms with Crippen molar-refractivity contribution in [3.8, 4) is 22.1 Å². The number of carbonyl (C=O) groups is 1. The van der Waals surface area contributed by atoms with Gasteiger partial charge in [0.25, 0.3) is 0 Å². The number of likely N-dealkylation sites (tertiary alicyclic amines) is 1. The minimum Gasteiger partial charge on any atom is -0.454 e. The molecule has 152 valence electrons. The molecular weight excluding hydrogens is 421 g/mol. The van der Waals surface area contributed by atoms with Crippen molar-refractivity contribution in [3.63, 3.8) is 0 Å². The lowest BCUT2D eigenvalue weighted by molar-refractivity contribution is -0.130. The molecule has 0 aliphatic carbocycles. The van der Waals surface area contributed by atoms with Crippen molar-refractivity contribution in [2.24, 2.45) is 0 Å². The molecule has 1 aromatic heterocycles. The molecule has 2 unspecified atom stereocenters. The summed E-state index contributed by atoms with van der Waals surface area (Å²) in [4.78, 5) is 19.4. The van der Waals surface area contributed by atoms with Crippen LogP contribution < -0.4 is 14.8 Å². The Morgan fingerprint density at radius 1 is 1.18 bits per heavy atom. The second-order valence-electron chi connectivity index (χ2n) is 7.16. The maximum absolute atomic E-state index is 12.7. The number of hydrogen-bond acceptors (Lipinski definition) is 6. The van der Waals surface area contributed by atoms with Crippen LogP contribution in [-0.4, -0.2) is 47.8 Å². The molecule has 1 N–H and O–H groups in total. The zero-order chi connectivity index (χ0) is 17.5. The average Bonchev–Trinajstić information content (AvgIpc) is 3.34. The Hall–Kier alpha value is -1.54. The van der Waals surface area contributed by atoms with Crippen LogP contribution in [0.1, 0.15) is 25.0 Å². The summed E-state index contributed by atoms with van der Waals surface area (Å²) in [5.41, 5.74) is 1.84. The third-order valence-electron chi connectivity index (χ3n) is 5.38. The van der Waals surface area contributed by atoms with Gasteiger partial charge in [-0.3, -0.25) is 4.79 Å². The zero-order valence-electron chi connectivity index (χ0n) is 15.3. The van der Waals surface area contributed by atoms with E-state index in [9.17, 15) is 4.79 Å². The average molecular weight is 444 g/mol. The van der Waals surface area contributed by atoms with Gasteiger partial charge in [0.15, 0.2) is 11.5 Å². The van der Waals surface area contributed by atoms with E-state index in [-0.39, 0.29) is 37.5 Å². The predicted molar refractivity (Wildman–Crippen MR) is 113 cm³/mol. The van der Waals surface area contributed by atoms with Gasteiger partial charge in [0.2, 0.25) is 12.7 Å². The van der Waals surface area contributed by atoms with Gasteiger partial charge in [-0.05, 0) is 37.5 Å². The van der Waals surface area contributed by atoms with Crippen LogP contribution in [0.25, 0.3) is 10.6 Å². The Kier molecular flexibility index (Phi) is 6.70. The van der Waals surface area contributed by atoms with Gasteiger partial charge in [-0.1, -0.05) is 0 Å². The van der Waals surface area contributed by atoms with Gasteiger partial charge in [-0.2, -0.15) is 0 Å². The highest BCUT2D eigenvalue weighted by Gasteiger charge is 2.31. The second kappa shape index (κ2) is 8.86. The molecule has 1 amide bonds. The largest absolute Gasteiger partial charge is 0.454 e. The number of benzene rings is 1. The molecule has 2 saturated heterocycles. The molecule has 2 atom stereocenters. The van der Waals surface area contributed by atoms with Crippen LogP contribution in [0.15, 0.2) is 23.6 Å². The fourth-order valence-electron chi connectivity index (χ4n) is 3.99. The number of hydrogen-bond donors (Lipinski definition) is 1. The summed E-state index contributed by atoms with van der Waals surface area (Å²) in [6.07, 6.45) is 3.86. The Labute approximate surface area is 180 Å². The first-order valence-corrected chi connectivity index (χ1v) is 10.0. The van der Waals surface area contributed by atoms with Crippen molar-refractivity contribution in [1.82, 2.24) is 15.2 Å². The fraction of sp³-hybridized carbons (Fsp3) is 0.474. The molecular formula is C19H23Cl2N3O3S. The predicted octanol–water partition coefficient (Wildman–Crippen LogP) is 3.28. The van der Waals surface area contributed by atoms with Crippen molar-refractivity contribution in [2.45, 2.75) is 37.8 Å². The van der Waals surface area contributed by atoms with Gasteiger partial charge in [0, 0.05) is 36.1 Å². The first-order chi connectivity index (χ1) is 12.7. The summed E-state index contributed by atoms with van der Waals surface area (Å²) in [5.74, 6) is 1.70. The maximum atomic E-state index is 12.7. The van der Waals surface area contributed by atoms with Gasteiger partial charge >= 0.3 is 0 Å².